The first kappa shape index (κ1) is 15.2. The fourth-order valence-corrected chi connectivity index (χ4v) is 3.52. The first-order valence-corrected chi connectivity index (χ1v) is 7.43. The number of carbonyl (C=O) groups is 1. The molecule has 1 rings (SSSR count). The van der Waals surface area contributed by atoms with Crippen LogP contribution in [0.2, 0.25) is 0 Å². The molecule has 4 heteroatoms. The Morgan fingerprint density at radius 3 is 2.44 bits per heavy atom. The van der Waals surface area contributed by atoms with Crippen molar-refractivity contribution < 1.29 is 9.53 Å². The molecule has 3 nitrogen and oxygen atoms in total. The lowest BCUT2D eigenvalue weighted by Gasteiger charge is -2.22. The zero-order chi connectivity index (χ0) is 13.7. The van der Waals surface area contributed by atoms with Gasteiger partial charge in [-0.3, -0.25) is 4.79 Å². The standard InChI is InChI=1S/C14H23NO2S/c1-6-17-12(16)7-11-8-18-14(15-11)13(9(2)3)10(4)5/h8-10,13H,6-7H2,1-5H3. The normalized spacial score (nSPS) is 11.6. The summed E-state index contributed by atoms with van der Waals surface area (Å²) in [5.41, 5.74) is 0.833. The van der Waals surface area contributed by atoms with E-state index in [1.807, 2.05) is 12.3 Å². The minimum absolute atomic E-state index is 0.194. The molecule has 0 spiro atoms. The number of rotatable bonds is 6. The quantitative estimate of drug-likeness (QED) is 0.740. The average Bonchev–Trinajstić information content (AvgIpc) is 2.65. The van der Waals surface area contributed by atoms with Crippen molar-refractivity contribution in [1.29, 1.82) is 0 Å². The lowest BCUT2D eigenvalue weighted by atomic mass is 9.86. The van der Waals surface area contributed by atoms with E-state index in [1.165, 1.54) is 0 Å². The number of aromatic nitrogens is 1. The van der Waals surface area contributed by atoms with Crippen molar-refractivity contribution in [3.63, 3.8) is 0 Å². The lowest BCUT2D eigenvalue weighted by Crippen LogP contribution is -2.13. The highest BCUT2D eigenvalue weighted by molar-refractivity contribution is 7.09. The van der Waals surface area contributed by atoms with Crippen LogP contribution in [0, 0.1) is 11.8 Å². The Hall–Kier alpha value is -0.900. The molecule has 0 aliphatic heterocycles. The van der Waals surface area contributed by atoms with Crippen molar-refractivity contribution in [3.05, 3.63) is 16.1 Å². The first-order valence-electron chi connectivity index (χ1n) is 6.55. The molecule has 0 aliphatic rings. The van der Waals surface area contributed by atoms with Crippen molar-refractivity contribution in [1.82, 2.24) is 4.98 Å². The molecule has 0 N–H and O–H groups in total. The van der Waals surface area contributed by atoms with Crippen molar-refractivity contribution in [3.8, 4) is 0 Å². The number of thiazole rings is 1. The Morgan fingerprint density at radius 2 is 1.94 bits per heavy atom. The third-order valence-electron chi connectivity index (χ3n) is 2.92. The van der Waals surface area contributed by atoms with Crippen molar-refractivity contribution in [2.45, 2.75) is 47.0 Å². The molecule has 102 valence electrons. The molecule has 0 fully saturated rings. The highest BCUT2D eigenvalue weighted by atomic mass is 32.1. The van der Waals surface area contributed by atoms with E-state index in [1.54, 1.807) is 11.3 Å². The highest BCUT2D eigenvalue weighted by Crippen LogP contribution is 2.33. The van der Waals surface area contributed by atoms with Crippen molar-refractivity contribution in [2.75, 3.05) is 6.61 Å². The fraction of sp³-hybridized carbons (Fsp3) is 0.714. The van der Waals surface area contributed by atoms with E-state index < -0.39 is 0 Å². The second kappa shape index (κ2) is 6.88. The van der Waals surface area contributed by atoms with Gasteiger partial charge in [0.2, 0.25) is 0 Å². The van der Waals surface area contributed by atoms with E-state index in [9.17, 15) is 4.79 Å². The van der Waals surface area contributed by atoms with E-state index >= 15 is 0 Å². The molecule has 1 aromatic rings. The van der Waals surface area contributed by atoms with Crippen molar-refractivity contribution >= 4 is 17.3 Å². The molecule has 1 aromatic heterocycles. The molecule has 18 heavy (non-hydrogen) atoms. The number of esters is 1. The van der Waals surface area contributed by atoms with Crippen LogP contribution in [0.15, 0.2) is 5.38 Å². The van der Waals surface area contributed by atoms with E-state index in [-0.39, 0.29) is 12.4 Å². The summed E-state index contributed by atoms with van der Waals surface area (Å²) in [5.74, 6) is 1.39. The maximum atomic E-state index is 11.4. The zero-order valence-electron chi connectivity index (χ0n) is 11.9. The molecule has 0 unspecified atom stereocenters. The Kier molecular flexibility index (Phi) is 5.79. The monoisotopic (exact) mass is 269 g/mol. The molecular formula is C14H23NO2S. The minimum atomic E-state index is -0.194. The van der Waals surface area contributed by atoms with Gasteiger partial charge in [-0.25, -0.2) is 4.98 Å². The molecule has 0 aliphatic carbocycles. The summed E-state index contributed by atoms with van der Waals surface area (Å²) in [4.78, 5) is 16.0. The Labute approximate surface area is 114 Å². The molecule has 0 saturated heterocycles. The number of ether oxygens (including phenoxy) is 1. The van der Waals surface area contributed by atoms with Gasteiger partial charge in [0.15, 0.2) is 0 Å². The maximum Gasteiger partial charge on any atom is 0.311 e. The molecule has 0 bridgehead atoms. The largest absolute Gasteiger partial charge is 0.466 e. The number of hydrogen-bond donors (Lipinski definition) is 0. The summed E-state index contributed by atoms with van der Waals surface area (Å²) in [6.45, 7) is 11.1. The highest BCUT2D eigenvalue weighted by Gasteiger charge is 2.23. The Balaban J connectivity index is 2.75. The van der Waals surface area contributed by atoms with Gasteiger partial charge in [0.05, 0.1) is 23.7 Å². The van der Waals surface area contributed by atoms with Crippen LogP contribution in [-0.4, -0.2) is 17.6 Å². The maximum absolute atomic E-state index is 11.4. The Bertz CT molecular complexity index is 377. The van der Waals surface area contributed by atoms with Crippen LogP contribution in [0.1, 0.15) is 51.2 Å². The van der Waals surface area contributed by atoms with Gasteiger partial charge in [0, 0.05) is 11.3 Å². The molecule has 0 saturated carbocycles. The molecule has 1 heterocycles. The van der Waals surface area contributed by atoms with Gasteiger partial charge in [-0.05, 0) is 18.8 Å². The summed E-state index contributed by atoms with van der Waals surface area (Å²) in [5, 5.41) is 3.11. The van der Waals surface area contributed by atoms with Gasteiger partial charge in [0.1, 0.15) is 0 Å². The van der Waals surface area contributed by atoms with Crippen molar-refractivity contribution in [2.24, 2.45) is 11.8 Å². The lowest BCUT2D eigenvalue weighted by molar-refractivity contribution is -0.142. The van der Waals surface area contributed by atoms with Crippen LogP contribution in [0.4, 0.5) is 0 Å². The first-order chi connectivity index (χ1) is 8.45. The summed E-state index contributed by atoms with van der Waals surface area (Å²) in [6.07, 6.45) is 0.285. The zero-order valence-corrected chi connectivity index (χ0v) is 12.7. The number of hydrogen-bond acceptors (Lipinski definition) is 4. The van der Waals surface area contributed by atoms with Crippen LogP contribution >= 0.6 is 11.3 Å². The van der Waals surface area contributed by atoms with Crippen LogP contribution in [0.3, 0.4) is 0 Å². The average molecular weight is 269 g/mol. The number of carbonyl (C=O) groups excluding carboxylic acids is 1. The van der Waals surface area contributed by atoms with Gasteiger partial charge >= 0.3 is 5.97 Å². The predicted molar refractivity (Wildman–Crippen MR) is 74.9 cm³/mol. The van der Waals surface area contributed by atoms with Gasteiger partial charge in [-0.2, -0.15) is 0 Å². The van der Waals surface area contributed by atoms with Gasteiger partial charge in [-0.15, -0.1) is 11.3 Å². The predicted octanol–water partition coefficient (Wildman–Crippen LogP) is 3.64. The van der Waals surface area contributed by atoms with Crippen LogP contribution < -0.4 is 0 Å². The SMILES string of the molecule is CCOC(=O)Cc1csc(C(C(C)C)C(C)C)n1. The molecule has 0 atom stereocenters. The number of nitrogens with zero attached hydrogens (tertiary/aromatic N) is 1. The molecule has 0 amide bonds. The van der Waals surface area contributed by atoms with Gasteiger partial charge in [-0.1, -0.05) is 27.7 Å². The minimum Gasteiger partial charge on any atom is -0.466 e. The van der Waals surface area contributed by atoms with Crippen LogP contribution in [-0.2, 0) is 16.0 Å². The van der Waals surface area contributed by atoms with Gasteiger partial charge < -0.3 is 4.74 Å². The van der Waals surface area contributed by atoms with Gasteiger partial charge in [0.25, 0.3) is 0 Å². The second-order valence-electron chi connectivity index (χ2n) is 5.17. The van der Waals surface area contributed by atoms with Crippen LogP contribution in [0.25, 0.3) is 0 Å². The molecule has 0 aromatic carbocycles. The summed E-state index contributed by atoms with van der Waals surface area (Å²) < 4.78 is 4.94. The summed E-state index contributed by atoms with van der Waals surface area (Å²) in [7, 11) is 0. The Morgan fingerprint density at radius 1 is 1.33 bits per heavy atom. The smallest absolute Gasteiger partial charge is 0.311 e. The molecular weight excluding hydrogens is 246 g/mol. The third kappa shape index (κ3) is 4.09. The third-order valence-corrected chi connectivity index (χ3v) is 3.92. The fourth-order valence-electron chi connectivity index (χ4n) is 2.26. The second-order valence-corrected chi connectivity index (χ2v) is 6.06. The summed E-state index contributed by atoms with van der Waals surface area (Å²) in [6, 6.07) is 0. The topological polar surface area (TPSA) is 39.2 Å². The van der Waals surface area contributed by atoms with Crippen LogP contribution in [0.5, 0.6) is 0 Å². The van der Waals surface area contributed by atoms with E-state index in [4.69, 9.17) is 4.74 Å². The van der Waals surface area contributed by atoms with E-state index in [0.717, 1.165) is 10.7 Å². The van der Waals surface area contributed by atoms with E-state index in [0.29, 0.717) is 24.4 Å². The van der Waals surface area contributed by atoms with E-state index in [2.05, 4.69) is 32.7 Å². The summed E-state index contributed by atoms with van der Waals surface area (Å²) >= 11 is 1.66. The molecule has 0 radical (unpaired) electrons.